The van der Waals surface area contributed by atoms with Crippen LogP contribution in [0.15, 0.2) is 48.5 Å². The number of ketones is 1. The van der Waals surface area contributed by atoms with E-state index in [1.165, 1.54) is 18.2 Å². The lowest BCUT2D eigenvalue weighted by atomic mass is 10.0. The SMILES string of the molecule is O=C(c1ccccc1)c1cccc([N+](=O)[O-])c1OCC1CO1. The molecule has 0 bridgehead atoms. The summed E-state index contributed by atoms with van der Waals surface area (Å²) >= 11 is 0. The first-order valence-corrected chi connectivity index (χ1v) is 6.78. The molecule has 1 fully saturated rings. The summed E-state index contributed by atoms with van der Waals surface area (Å²) in [6.45, 7) is 0.766. The first kappa shape index (κ1) is 14.2. The summed E-state index contributed by atoms with van der Waals surface area (Å²) in [5.74, 6) is -0.312. The van der Waals surface area contributed by atoms with E-state index in [0.717, 1.165) is 0 Å². The zero-order valence-electron chi connectivity index (χ0n) is 11.6. The van der Waals surface area contributed by atoms with E-state index in [-0.39, 0.29) is 35.5 Å². The maximum Gasteiger partial charge on any atom is 0.311 e. The summed E-state index contributed by atoms with van der Waals surface area (Å²) in [7, 11) is 0. The molecule has 1 atom stereocenters. The zero-order valence-corrected chi connectivity index (χ0v) is 11.6. The van der Waals surface area contributed by atoms with Gasteiger partial charge in [-0.05, 0) is 6.07 Å². The fourth-order valence-corrected chi connectivity index (χ4v) is 2.08. The van der Waals surface area contributed by atoms with Crippen LogP contribution in [0.1, 0.15) is 15.9 Å². The van der Waals surface area contributed by atoms with Crippen LogP contribution in [0.25, 0.3) is 0 Å². The standard InChI is InChI=1S/C16H13NO5/c18-15(11-5-2-1-3-6-11)13-7-4-8-14(17(19)20)16(13)22-10-12-9-21-12/h1-8,12H,9-10H2. The highest BCUT2D eigenvalue weighted by Gasteiger charge is 2.28. The van der Waals surface area contributed by atoms with Crippen molar-refractivity contribution >= 4 is 11.5 Å². The van der Waals surface area contributed by atoms with Gasteiger partial charge in [0.05, 0.1) is 17.1 Å². The van der Waals surface area contributed by atoms with Gasteiger partial charge >= 0.3 is 5.69 Å². The Morgan fingerprint density at radius 3 is 2.59 bits per heavy atom. The zero-order chi connectivity index (χ0) is 15.5. The van der Waals surface area contributed by atoms with Crippen molar-refractivity contribution in [2.24, 2.45) is 0 Å². The van der Waals surface area contributed by atoms with Crippen molar-refractivity contribution in [3.05, 3.63) is 69.8 Å². The predicted molar refractivity (Wildman–Crippen MR) is 78.2 cm³/mol. The van der Waals surface area contributed by atoms with Gasteiger partial charge in [0, 0.05) is 11.6 Å². The van der Waals surface area contributed by atoms with Gasteiger partial charge in [0.25, 0.3) is 0 Å². The molecule has 6 nitrogen and oxygen atoms in total. The van der Waals surface area contributed by atoms with Crippen molar-refractivity contribution < 1.29 is 19.2 Å². The van der Waals surface area contributed by atoms with Gasteiger partial charge < -0.3 is 9.47 Å². The molecule has 6 heteroatoms. The van der Waals surface area contributed by atoms with Gasteiger partial charge in [-0.25, -0.2) is 0 Å². The van der Waals surface area contributed by atoms with E-state index < -0.39 is 4.92 Å². The van der Waals surface area contributed by atoms with Crippen LogP contribution in [0.2, 0.25) is 0 Å². The van der Waals surface area contributed by atoms with Crippen molar-refractivity contribution in [1.82, 2.24) is 0 Å². The monoisotopic (exact) mass is 299 g/mol. The Bertz CT molecular complexity index is 710. The van der Waals surface area contributed by atoms with E-state index in [1.807, 2.05) is 0 Å². The summed E-state index contributed by atoms with van der Waals surface area (Å²) in [4.78, 5) is 23.2. The Labute approximate surface area is 126 Å². The number of epoxide rings is 1. The molecule has 1 aliphatic rings. The summed E-state index contributed by atoms with van der Waals surface area (Å²) in [6.07, 6.45) is -0.0560. The number of hydrogen-bond acceptors (Lipinski definition) is 5. The maximum absolute atomic E-state index is 12.6. The second-order valence-corrected chi connectivity index (χ2v) is 4.87. The fraction of sp³-hybridized carbons (Fsp3) is 0.188. The first-order chi connectivity index (χ1) is 10.7. The molecule has 1 heterocycles. The van der Waals surface area contributed by atoms with Gasteiger partial charge in [-0.2, -0.15) is 0 Å². The van der Waals surface area contributed by atoms with Gasteiger partial charge in [-0.3, -0.25) is 14.9 Å². The number of rotatable bonds is 6. The molecule has 1 saturated heterocycles. The predicted octanol–water partition coefficient (Wildman–Crippen LogP) is 2.60. The van der Waals surface area contributed by atoms with Crippen LogP contribution in [0.3, 0.4) is 0 Å². The molecule has 0 spiro atoms. The minimum Gasteiger partial charge on any atom is -0.483 e. The van der Waals surface area contributed by atoms with Crippen LogP contribution in [-0.2, 0) is 4.74 Å². The smallest absolute Gasteiger partial charge is 0.311 e. The number of nitro benzene ring substituents is 1. The molecule has 0 amide bonds. The molecule has 0 saturated carbocycles. The Morgan fingerprint density at radius 1 is 1.23 bits per heavy atom. The van der Waals surface area contributed by atoms with Gasteiger partial charge in [0.15, 0.2) is 5.78 Å². The summed E-state index contributed by atoms with van der Waals surface area (Å²) in [5, 5.41) is 11.2. The molecule has 112 valence electrons. The summed E-state index contributed by atoms with van der Waals surface area (Å²) < 4.78 is 10.5. The summed E-state index contributed by atoms with van der Waals surface area (Å²) in [5.41, 5.74) is 0.416. The van der Waals surface area contributed by atoms with Gasteiger partial charge in [-0.1, -0.05) is 36.4 Å². The van der Waals surface area contributed by atoms with Crippen LogP contribution >= 0.6 is 0 Å². The number of hydrogen-bond donors (Lipinski definition) is 0. The normalized spacial score (nSPS) is 16.1. The summed E-state index contributed by atoms with van der Waals surface area (Å²) in [6, 6.07) is 12.9. The molecule has 0 aromatic heterocycles. The van der Waals surface area contributed by atoms with Crippen LogP contribution < -0.4 is 4.74 Å². The lowest BCUT2D eigenvalue weighted by Gasteiger charge is -2.10. The van der Waals surface area contributed by atoms with Crippen molar-refractivity contribution in [3.8, 4) is 5.75 Å². The number of para-hydroxylation sites is 1. The van der Waals surface area contributed by atoms with Gasteiger partial charge in [0.1, 0.15) is 12.7 Å². The van der Waals surface area contributed by atoms with E-state index in [0.29, 0.717) is 12.2 Å². The number of nitro groups is 1. The second kappa shape index (κ2) is 5.95. The number of benzene rings is 2. The highest BCUT2D eigenvalue weighted by molar-refractivity contribution is 6.11. The lowest BCUT2D eigenvalue weighted by Crippen LogP contribution is -2.11. The van der Waals surface area contributed by atoms with Crippen molar-refractivity contribution in [2.45, 2.75) is 6.10 Å². The van der Waals surface area contributed by atoms with Gasteiger partial charge in [0.2, 0.25) is 5.75 Å². The molecule has 0 aliphatic carbocycles. The largest absolute Gasteiger partial charge is 0.483 e. The van der Waals surface area contributed by atoms with Crippen molar-refractivity contribution in [2.75, 3.05) is 13.2 Å². The third kappa shape index (κ3) is 2.96. The van der Waals surface area contributed by atoms with E-state index in [9.17, 15) is 14.9 Å². The van der Waals surface area contributed by atoms with Crippen LogP contribution in [-0.4, -0.2) is 30.0 Å². The highest BCUT2D eigenvalue weighted by Crippen LogP contribution is 2.33. The van der Waals surface area contributed by atoms with Gasteiger partial charge in [-0.15, -0.1) is 0 Å². The molecule has 2 aromatic rings. The van der Waals surface area contributed by atoms with E-state index in [1.54, 1.807) is 30.3 Å². The lowest BCUT2D eigenvalue weighted by molar-refractivity contribution is -0.385. The van der Waals surface area contributed by atoms with Crippen LogP contribution in [0, 0.1) is 10.1 Å². The number of nitrogens with zero attached hydrogens (tertiary/aromatic N) is 1. The number of carbonyl (C=O) groups is 1. The molecule has 2 aromatic carbocycles. The third-order valence-electron chi connectivity index (χ3n) is 3.29. The maximum atomic E-state index is 12.6. The Hall–Kier alpha value is -2.73. The average Bonchev–Trinajstić information content (AvgIpc) is 3.37. The minimum absolute atomic E-state index is 0.00291. The Balaban J connectivity index is 1.99. The van der Waals surface area contributed by atoms with Crippen LogP contribution in [0.5, 0.6) is 5.75 Å². The number of ether oxygens (including phenoxy) is 2. The molecular weight excluding hydrogens is 286 g/mol. The third-order valence-corrected chi connectivity index (χ3v) is 3.29. The molecular formula is C16H13NO5. The van der Waals surface area contributed by atoms with Crippen LogP contribution in [0.4, 0.5) is 5.69 Å². The molecule has 1 aliphatic heterocycles. The quantitative estimate of drug-likeness (QED) is 0.354. The van der Waals surface area contributed by atoms with Crippen molar-refractivity contribution in [3.63, 3.8) is 0 Å². The highest BCUT2D eigenvalue weighted by atomic mass is 16.6. The van der Waals surface area contributed by atoms with Crippen molar-refractivity contribution in [1.29, 1.82) is 0 Å². The molecule has 0 N–H and O–H groups in total. The first-order valence-electron chi connectivity index (χ1n) is 6.78. The molecule has 0 radical (unpaired) electrons. The molecule has 1 unspecified atom stereocenters. The Morgan fingerprint density at radius 2 is 1.95 bits per heavy atom. The average molecular weight is 299 g/mol. The fourth-order valence-electron chi connectivity index (χ4n) is 2.08. The Kier molecular flexibility index (Phi) is 3.84. The minimum atomic E-state index is -0.551. The number of carbonyl (C=O) groups excluding carboxylic acids is 1. The van der Waals surface area contributed by atoms with E-state index in [4.69, 9.17) is 9.47 Å². The molecule has 22 heavy (non-hydrogen) atoms. The van der Waals surface area contributed by atoms with E-state index >= 15 is 0 Å². The molecule has 3 rings (SSSR count). The topological polar surface area (TPSA) is 82.0 Å². The second-order valence-electron chi connectivity index (χ2n) is 4.87. The van der Waals surface area contributed by atoms with E-state index in [2.05, 4.69) is 0 Å².